The molecule has 0 radical (unpaired) electrons. The first-order valence-electron chi connectivity index (χ1n) is 10.5. The van der Waals surface area contributed by atoms with Crippen LogP contribution in [0.1, 0.15) is 41.2 Å². The van der Waals surface area contributed by atoms with Crippen LogP contribution >= 0.6 is 11.3 Å². The van der Waals surface area contributed by atoms with Crippen LogP contribution < -0.4 is 0 Å². The van der Waals surface area contributed by atoms with Crippen molar-refractivity contribution in [3.63, 3.8) is 0 Å². The van der Waals surface area contributed by atoms with Gasteiger partial charge in [0.05, 0.1) is 19.4 Å². The van der Waals surface area contributed by atoms with E-state index in [9.17, 15) is 9.59 Å². The van der Waals surface area contributed by atoms with Crippen molar-refractivity contribution in [2.75, 3.05) is 26.2 Å². The zero-order chi connectivity index (χ0) is 20.2. The molecule has 156 valence electrons. The Kier molecular flexibility index (Phi) is 6.23. The summed E-state index contributed by atoms with van der Waals surface area (Å²) in [5, 5.41) is 0. The zero-order valence-electron chi connectivity index (χ0n) is 17.0. The van der Waals surface area contributed by atoms with E-state index in [-0.39, 0.29) is 17.9 Å². The van der Waals surface area contributed by atoms with Gasteiger partial charge < -0.3 is 19.1 Å². The molecule has 0 saturated carbocycles. The maximum absolute atomic E-state index is 13.3. The molecule has 29 heavy (non-hydrogen) atoms. The van der Waals surface area contributed by atoms with Crippen molar-refractivity contribution in [3.8, 4) is 0 Å². The number of piperidine rings is 1. The number of urea groups is 1. The van der Waals surface area contributed by atoms with E-state index >= 15 is 0 Å². The summed E-state index contributed by atoms with van der Waals surface area (Å²) in [4.78, 5) is 34.2. The molecule has 7 heteroatoms. The van der Waals surface area contributed by atoms with Crippen molar-refractivity contribution < 1.29 is 14.0 Å². The van der Waals surface area contributed by atoms with E-state index in [2.05, 4.69) is 19.1 Å². The zero-order valence-corrected chi connectivity index (χ0v) is 17.8. The van der Waals surface area contributed by atoms with E-state index in [1.165, 1.54) is 9.75 Å². The predicted molar refractivity (Wildman–Crippen MR) is 113 cm³/mol. The number of aryl methyl sites for hydroxylation is 1. The van der Waals surface area contributed by atoms with Gasteiger partial charge in [0.15, 0.2) is 0 Å². The smallest absolute Gasteiger partial charge is 0.319 e. The summed E-state index contributed by atoms with van der Waals surface area (Å²) in [5.74, 6) is 0.933. The molecule has 3 amide bonds. The second-order valence-corrected chi connectivity index (χ2v) is 9.40. The number of furan rings is 1. The van der Waals surface area contributed by atoms with Crippen molar-refractivity contribution in [1.29, 1.82) is 0 Å². The van der Waals surface area contributed by atoms with Crippen LogP contribution in [0.25, 0.3) is 0 Å². The lowest BCUT2D eigenvalue weighted by atomic mass is 9.95. The van der Waals surface area contributed by atoms with Gasteiger partial charge in [-0.15, -0.1) is 11.3 Å². The molecule has 2 aromatic rings. The Bertz CT molecular complexity index is 818. The molecule has 2 aliphatic rings. The SMILES string of the molecule is Cc1ccc(CN(Cc2ccco2)C(=O)C2CCN(C(=O)N3CCCC3)CC2)s1. The monoisotopic (exact) mass is 415 g/mol. The molecule has 0 aliphatic carbocycles. The van der Waals surface area contributed by atoms with Crippen molar-refractivity contribution in [3.05, 3.63) is 46.0 Å². The molecule has 0 unspecified atom stereocenters. The fourth-order valence-corrected chi connectivity index (χ4v) is 5.15. The average Bonchev–Trinajstić information content (AvgIpc) is 3.50. The van der Waals surface area contributed by atoms with Gasteiger partial charge >= 0.3 is 6.03 Å². The van der Waals surface area contributed by atoms with Gasteiger partial charge in [-0.25, -0.2) is 4.79 Å². The second-order valence-electron chi connectivity index (χ2n) is 8.02. The van der Waals surface area contributed by atoms with Crippen LogP contribution in [0.3, 0.4) is 0 Å². The van der Waals surface area contributed by atoms with Crippen LogP contribution in [-0.4, -0.2) is 52.8 Å². The summed E-state index contributed by atoms with van der Waals surface area (Å²) in [5.41, 5.74) is 0. The average molecular weight is 416 g/mol. The van der Waals surface area contributed by atoms with Gasteiger partial charge in [0.1, 0.15) is 5.76 Å². The lowest BCUT2D eigenvalue weighted by molar-refractivity contribution is -0.138. The summed E-state index contributed by atoms with van der Waals surface area (Å²) in [6.45, 7) is 6.24. The van der Waals surface area contributed by atoms with Crippen LogP contribution in [-0.2, 0) is 17.9 Å². The molecule has 4 rings (SSSR count). The van der Waals surface area contributed by atoms with Gasteiger partial charge in [0.2, 0.25) is 5.91 Å². The first kappa shape index (κ1) is 20.0. The Hall–Kier alpha value is -2.28. The Morgan fingerprint density at radius 1 is 1.07 bits per heavy atom. The number of hydrogen-bond acceptors (Lipinski definition) is 4. The minimum Gasteiger partial charge on any atom is -0.467 e. The molecule has 0 spiro atoms. The third kappa shape index (κ3) is 4.83. The van der Waals surface area contributed by atoms with Crippen molar-refractivity contribution in [1.82, 2.24) is 14.7 Å². The van der Waals surface area contributed by atoms with Gasteiger partial charge in [-0.2, -0.15) is 0 Å². The third-order valence-electron chi connectivity index (χ3n) is 5.87. The van der Waals surface area contributed by atoms with E-state index in [1.807, 2.05) is 26.8 Å². The summed E-state index contributed by atoms with van der Waals surface area (Å²) in [7, 11) is 0. The molecule has 2 saturated heterocycles. The predicted octanol–water partition coefficient (Wildman–Crippen LogP) is 4.11. The van der Waals surface area contributed by atoms with Gasteiger partial charge in [-0.1, -0.05) is 0 Å². The lowest BCUT2D eigenvalue weighted by Crippen LogP contribution is -2.48. The minimum atomic E-state index is -0.0337. The van der Waals surface area contributed by atoms with E-state index in [4.69, 9.17) is 4.42 Å². The molecule has 2 fully saturated rings. The third-order valence-corrected chi connectivity index (χ3v) is 6.86. The summed E-state index contributed by atoms with van der Waals surface area (Å²) >= 11 is 1.73. The van der Waals surface area contributed by atoms with Crippen molar-refractivity contribution >= 4 is 23.3 Å². The maximum Gasteiger partial charge on any atom is 0.319 e. The standard InChI is InChI=1S/C22H29N3O3S/c1-17-6-7-20(29-17)16-25(15-19-5-4-14-28-19)21(26)18-8-12-24(13-9-18)22(27)23-10-2-3-11-23/h4-7,14,18H,2-3,8-13,15-16H2,1H3. The van der Waals surface area contributed by atoms with Gasteiger partial charge in [0, 0.05) is 41.9 Å². The highest BCUT2D eigenvalue weighted by atomic mass is 32.1. The number of amides is 3. The van der Waals surface area contributed by atoms with Crippen LogP contribution in [0, 0.1) is 12.8 Å². The minimum absolute atomic E-state index is 0.0337. The highest BCUT2D eigenvalue weighted by molar-refractivity contribution is 7.11. The molecular formula is C22H29N3O3S. The topological polar surface area (TPSA) is 57.0 Å². The highest BCUT2D eigenvalue weighted by Gasteiger charge is 2.32. The number of rotatable bonds is 5. The van der Waals surface area contributed by atoms with Gasteiger partial charge in [0.25, 0.3) is 0 Å². The van der Waals surface area contributed by atoms with Crippen molar-refractivity contribution in [2.24, 2.45) is 5.92 Å². The fourth-order valence-electron chi connectivity index (χ4n) is 4.24. The van der Waals surface area contributed by atoms with E-state index in [1.54, 1.807) is 17.6 Å². The van der Waals surface area contributed by atoms with E-state index < -0.39 is 0 Å². The number of carbonyl (C=O) groups is 2. The quantitative estimate of drug-likeness (QED) is 0.739. The second kappa shape index (κ2) is 9.03. The lowest BCUT2D eigenvalue weighted by Gasteiger charge is -2.35. The van der Waals surface area contributed by atoms with Crippen LogP contribution in [0.5, 0.6) is 0 Å². The number of thiophene rings is 1. The number of likely N-dealkylation sites (tertiary alicyclic amines) is 2. The molecule has 0 N–H and O–H groups in total. The van der Waals surface area contributed by atoms with E-state index in [0.717, 1.165) is 44.5 Å². The number of carbonyl (C=O) groups excluding carboxylic acids is 2. The molecule has 0 aromatic carbocycles. The molecule has 4 heterocycles. The molecular weight excluding hydrogens is 386 g/mol. The normalized spacial score (nSPS) is 17.7. The Morgan fingerprint density at radius 3 is 2.41 bits per heavy atom. The van der Waals surface area contributed by atoms with Gasteiger partial charge in [-0.05, 0) is 56.9 Å². The Morgan fingerprint density at radius 2 is 1.79 bits per heavy atom. The highest BCUT2D eigenvalue weighted by Crippen LogP contribution is 2.25. The summed E-state index contributed by atoms with van der Waals surface area (Å²) < 4.78 is 5.50. The molecule has 0 atom stereocenters. The maximum atomic E-state index is 13.3. The number of nitrogens with zero attached hydrogens (tertiary/aromatic N) is 3. The molecule has 6 nitrogen and oxygen atoms in total. The Labute approximate surface area is 176 Å². The first-order valence-corrected chi connectivity index (χ1v) is 11.3. The molecule has 0 bridgehead atoms. The number of hydrogen-bond donors (Lipinski definition) is 0. The van der Waals surface area contributed by atoms with Crippen molar-refractivity contribution in [2.45, 2.75) is 45.7 Å². The summed E-state index contributed by atoms with van der Waals surface area (Å²) in [6, 6.07) is 8.11. The van der Waals surface area contributed by atoms with Gasteiger partial charge in [-0.3, -0.25) is 4.79 Å². The molecule has 2 aromatic heterocycles. The summed E-state index contributed by atoms with van der Waals surface area (Å²) in [6.07, 6.45) is 5.32. The van der Waals surface area contributed by atoms with Crippen LogP contribution in [0.4, 0.5) is 4.79 Å². The Balaban J connectivity index is 1.38. The van der Waals surface area contributed by atoms with E-state index in [0.29, 0.717) is 26.2 Å². The molecule has 2 aliphatic heterocycles. The fraction of sp³-hybridized carbons (Fsp3) is 0.545. The first-order chi connectivity index (χ1) is 14.1. The van der Waals surface area contributed by atoms with Crippen LogP contribution in [0.2, 0.25) is 0 Å². The largest absolute Gasteiger partial charge is 0.467 e. The van der Waals surface area contributed by atoms with Crippen LogP contribution in [0.15, 0.2) is 34.9 Å².